The van der Waals surface area contributed by atoms with Crippen molar-refractivity contribution in [3.63, 3.8) is 0 Å². The average Bonchev–Trinajstić information content (AvgIpc) is 2.11. The Bertz CT molecular complexity index is 357. The maximum Gasteiger partial charge on any atom is 0.115 e. The quantitative estimate of drug-likeness (QED) is 0.801. The lowest BCUT2D eigenvalue weighted by atomic mass is 9.70. The van der Waals surface area contributed by atoms with Crippen molar-refractivity contribution in [2.75, 3.05) is 6.54 Å². The topological polar surface area (TPSA) is 32.3 Å². The van der Waals surface area contributed by atoms with Gasteiger partial charge in [-0.1, -0.05) is 32.9 Å². The Balaban J connectivity index is 2.24. The molecule has 1 saturated heterocycles. The molecule has 1 fully saturated rings. The monoisotopic (exact) mass is 219 g/mol. The number of hydrogen-bond donors (Lipinski definition) is 2. The summed E-state index contributed by atoms with van der Waals surface area (Å²) in [6.45, 7) is 7.91. The summed E-state index contributed by atoms with van der Waals surface area (Å²) in [7, 11) is 0. The normalized spacial score (nSPS) is 25.2. The molecule has 0 aliphatic carbocycles. The van der Waals surface area contributed by atoms with E-state index in [-0.39, 0.29) is 5.54 Å². The molecule has 88 valence electrons. The summed E-state index contributed by atoms with van der Waals surface area (Å²) in [6.07, 6.45) is 2.32. The van der Waals surface area contributed by atoms with Gasteiger partial charge < -0.3 is 10.4 Å². The molecular formula is C14H21NO. The predicted molar refractivity (Wildman–Crippen MR) is 66.5 cm³/mol. The molecule has 2 heteroatoms. The molecular weight excluding hydrogens is 198 g/mol. The molecule has 2 rings (SSSR count). The molecule has 1 heterocycles. The molecule has 0 spiro atoms. The van der Waals surface area contributed by atoms with Crippen LogP contribution in [0.3, 0.4) is 0 Å². The van der Waals surface area contributed by atoms with E-state index in [2.05, 4.69) is 26.1 Å². The first-order chi connectivity index (χ1) is 7.41. The third-order valence-corrected chi connectivity index (χ3v) is 3.27. The first kappa shape index (κ1) is 11.5. The molecule has 1 aromatic rings. The van der Waals surface area contributed by atoms with E-state index in [0.29, 0.717) is 11.2 Å². The van der Waals surface area contributed by atoms with Crippen molar-refractivity contribution in [1.82, 2.24) is 5.32 Å². The molecule has 1 aliphatic rings. The highest BCUT2D eigenvalue weighted by Gasteiger charge is 2.40. The maximum absolute atomic E-state index is 9.33. The van der Waals surface area contributed by atoms with Crippen LogP contribution in [0.2, 0.25) is 0 Å². The van der Waals surface area contributed by atoms with Crippen molar-refractivity contribution in [3.05, 3.63) is 29.8 Å². The van der Waals surface area contributed by atoms with Crippen LogP contribution in [0.15, 0.2) is 24.3 Å². The molecule has 0 amide bonds. The van der Waals surface area contributed by atoms with Crippen LogP contribution in [0.25, 0.3) is 0 Å². The summed E-state index contributed by atoms with van der Waals surface area (Å²) in [5.74, 6) is 0.342. The van der Waals surface area contributed by atoms with Gasteiger partial charge in [0.05, 0.1) is 0 Å². The van der Waals surface area contributed by atoms with Gasteiger partial charge in [-0.05, 0) is 42.5 Å². The molecule has 1 aliphatic heterocycles. The minimum Gasteiger partial charge on any atom is -0.508 e. The second-order valence-electron chi connectivity index (χ2n) is 6.04. The number of aromatic hydroxyl groups is 1. The van der Waals surface area contributed by atoms with Gasteiger partial charge in [-0.15, -0.1) is 0 Å². The highest BCUT2D eigenvalue weighted by molar-refractivity contribution is 5.33. The third kappa shape index (κ3) is 2.22. The Labute approximate surface area is 97.7 Å². The van der Waals surface area contributed by atoms with E-state index in [4.69, 9.17) is 0 Å². The molecule has 1 unspecified atom stereocenters. The summed E-state index contributed by atoms with van der Waals surface area (Å²) >= 11 is 0. The molecule has 0 radical (unpaired) electrons. The van der Waals surface area contributed by atoms with E-state index >= 15 is 0 Å². The zero-order valence-electron chi connectivity index (χ0n) is 10.4. The van der Waals surface area contributed by atoms with Gasteiger partial charge in [0.2, 0.25) is 0 Å². The van der Waals surface area contributed by atoms with Crippen molar-refractivity contribution in [2.24, 2.45) is 5.41 Å². The second-order valence-corrected chi connectivity index (χ2v) is 6.04. The van der Waals surface area contributed by atoms with Crippen molar-refractivity contribution in [1.29, 1.82) is 0 Å². The lowest BCUT2D eigenvalue weighted by molar-refractivity contribution is 0.132. The Hall–Kier alpha value is -1.02. The van der Waals surface area contributed by atoms with Crippen molar-refractivity contribution in [3.8, 4) is 5.75 Å². The number of phenols is 1. The molecule has 0 aromatic heterocycles. The summed E-state index contributed by atoms with van der Waals surface area (Å²) in [6, 6.07) is 7.62. The van der Waals surface area contributed by atoms with E-state index in [1.165, 1.54) is 12.0 Å². The fraction of sp³-hybridized carbons (Fsp3) is 0.571. The number of hydrogen-bond acceptors (Lipinski definition) is 2. The van der Waals surface area contributed by atoms with Crippen LogP contribution in [0, 0.1) is 5.41 Å². The standard InChI is InChI=1S/C14H21NO/c1-13(2,3)10-14(8-9-15-14)11-4-6-12(16)7-5-11/h4-7,15-16H,8-10H2,1-3H3. The van der Waals surface area contributed by atoms with Crippen LogP contribution in [-0.4, -0.2) is 11.7 Å². The van der Waals surface area contributed by atoms with Gasteiger partial charge in [0.25, 0.3) is 0 Å². The van der Waals surface area contributed by atoms with Crippen LogP contribution in [-0.2, 0) is 5.54 Å². The number of phenolic OH excluding ortho intramolecular Hbond substituents is 1. The van der Waals surface area contributed by atoms with Crippen LogP contribution >= 0.6 is 0 Å². The van der Waals surface area contributed by atoms with Crippen LogP contribution in [0.5, 0.6) is 5.75 Å². The fourth-order valence-corrected chi connectivity index (χ4v) is 2.61. The number of benzene rings is 1. The smallest absolute Gasteiger partial charge is 0.115 e. The Kier molecular flexibility index (Phi) is 2.70. The largest absolute Gasteiger partial charge is 0.508 e. The first-order valence-electron chi connectivity index (χ1n) is 5.96. The van der Waals surface area contributed by atoms with Gasteiger partial charge in [-0.2, -0.15) is 0 Å². The summed E-state index contributed by atoms with van der Waals surface area (Å²) in [5.41, 5.74) is 1.74. The van der Waals surface area contributed by atoms with E-state index in [1.54, 1.807) is 12.1 Å². The zero-order valence-corrected chi connectivity index (χ0v) is 10.4. The summed E-state index contributed by atoms with van der Waals surface area (Å²) in [4.78, 5) is 0. The van der Waals surface area contributed by atoms with Crippen molar-refractivity contribution < 1.29 is 5.11 Å². The minimum atomic E-state index is 0.131. The molecule has 0 bridgehead atoms. The lowest BCUT2D eigenvalue weighted by Gasteiger charge is -2.47. The first-order valence-corrected chi connectivity index (χ1v) is 5.96. The Morgan fingerprint density at radius 1 is 1.25 bits per heavy atom. The van der Waals surface area contributed by atoms with E-state index < -0.39 is 0 Å². The van der Waals surface area contributed by atoms with Crippen LogP contribution in [0.1, 0.15) is 39.2 Å². The number of nitrogens with one attached hydrogen (secondary N) is 1. The van der Waals surface area contributed by atoms with E-state index in [0.717, 1.165) is 13.0 Å². The lowest BCUT2D eigenvalue weighted by Crippen LogP contribution is -2.55. The molecule has 16 heavy (non-hydrogen) atoms. The highest BCUT2D eigenvalue weighted by atomic mass is 16.3. The predicted octanol–water partition coefficient (Wildman–Crippen LogP) is 3.02. The third-order valence-electron chi connectivity index (χ3n) is 3.27. The van der Waals surface area contributed by atoms with Gasteiger partial charge >= 0.3 is 0 Å². The van der Waals surface area contributed by atoms with Gasteiger partial charge in [-0.25, -0.2) is 0 Å². The summed E-state index contributed by atoms with van der Waals surface area (Å²) < 4.78 is 0. The van der Waals surface area contributed by atoms with Crippen molar-refractivity contribution >= 4 is 0 Å². The van der Waals surface area contributed by atoms with Gasteiger partial charge in [0.15, 0.2) is 0 Å². The summed E-state index contributed by atoms with van der Waals surface area (Å²) in [5, 5.41) is 12.9. The van der Waals surface area contributed by atoms with E-state index in [1.807, 2.05) is 12.1 Å². The minimum absolute atomic E-state index is 0.131. The SMILES string of the molecule is CC(C)(C)CC1(c2ccc(O)cc2)CCN1. The second kappa shape index (κ2) is 3.77. The van der Waals surface area contributed by atoms with Gasteiger partial charge in [0.1, 0.15) is 5.75 Å². The van der Waals surface area contributed by atoms with Crippen molar-refractivity contribution in [2.45, 2.75) is 39.2 Å². The molecule has 2 nitrogen and oxygen atoms in total. The van der Waals surface area contributed by atoms with Gasteiger partial charge in [-0.3, -0.25) is 0 Å². The highest BCUT2D eigenvalue weighted by Crippen LogP contribution is 2.41. The van der Waals surface area contributed by atoms with Crippen LogP contribution < -0.4 is 5.32 Å². The fourth-order valence-electron chi connectivity index (χ4n) is 2.61. The Morgan fingerprint density at radius 3 is 2.19 bits per heavy atom. The molecule has 1 atom stereocenters. The average molecular weight is 219 g/mol. The zero-order chi connectivity index (χ0) is 11.8. The molecule has 0 saturated carbocycles. The number of rotatable bonds is 2. The molecule has 1 aromatic carbocycles. The van der Waals surface area contributed by atoms with Crippen LogP contribution in [0.4, 0.5) is 0 Å². The molecule has 2 N–H and O–H groups in total. The van der Waals surface area contributed by atoms with E-state index in [9.17, 15) is 5.11 Å². The maximum atomic E-state index is 9.33. The van der Waals surface area contributed by atoms with Gasteiger partial charge in [0, 0.05) is 5.54 Å². The Morgan fingerprint density at radius 2 is 1.81 bits per heavy atom.